The van der Waals surface area contributed by atoms with E-state index in [2.05, 4.69) is 0 Å². The van der Waals surface area contributed by atoms with Crippen molar-refractivity contribution in [2.24, 2.45) is 0 Å². The van der Waals surface area contributed by atoms with Crippen molar-refractivity contribution < 1.29 is 19.4 Å². The molecule has 0 amide bonds. The summed E-state index contributed by atoms with van der Waals surface area (Å²) in [6.07, 6.45) is 0.275. The first-order valence-corrected chi connectivity index (χ1v) is 4.96. The number of benzene rings is 1. The predicted molar refractivity (Wildman–Crippen MR) is 59.3 cm³/mol. The van der Waals surface area contributed by atoms with Gasteiger partial charge in [0, 0.05) is 12.5 Å². The normalized spacial score (nSPS) is 9.94. The van der Waals surface area contributed by atoms with Crippen molar-refractivity contribution in [2.45, 2.75) is 20.3 Å². The molecule has 0 saturated carbocycles. The number of ketones is 2. The van der Waals surface area contributed by atoms with Crippen LogP contribution in [0.3, 0.4) is 0 Å². The van der Waals surface area contributed by atoms with Gasteiger partial charge in [0.05, 0.1) is 18.2 Å². The van der Waals surface area contributed by atoms with E-state index in [0.717, 1.165) is 0 Å². The van der Waals surface area contributed by atoms with E-state index in [1.165, 1.54) is 26.2 Å². The van der Waals surface area contributed by atoms with E-state index in [9.17, 15) is 14.7 Å². The first-order chi connectivity index (χ1) is 7.51. The van der Waals surface area contributed by atoms with Gasteiger partial charge in [-0.3, -0.25) is 9.59 Å². The average molecular weight is 222 g/mol. The summed E-state index contributed by atoms with van der Waals surface area (Å²) in [7, 11) is 1.41. The molecule has 0 radical (unpaired) electrons. The second kappa shape index (κ2) is 4.79. The lowest BCUT2D eigenvalue weighted by Crippen LogP contribution is -2.03. The van der Waals surface area contributed by atoms with Gasteiger partial charge < -0.3 is 9.84 Å². The van der Waals surface area contributed by atoms with Crippen LogP contribution in [0.25, 0.3) is 0 Å². The molecule has 4 heteroatoms. The molecular weight excluding hydrogens is 208 g/mol. The zero-order valence-corrected chi connectivity index (χ0v) is 9.53. The Labute approximate surface area is 93.9 Å². The molecule has 0 aliphatic carbocycles. The van der Waals surface area contributed by atoms with Gasteiger partial charge in [-0.1, -0.05) is 6.92 Å². The van der Waals surface area contributed by atoms with Gasteiger partial charge in [-0.25, -0.2) is 0 Å². The highest BCUT2D eigenvalue weighted by Crippen LogP contribution is 2.29. The van der Waals surface area contributed by atoms with E-state index in [-0.39, 0.29) is 35.0 Å². The van der Waals surface area contributed by atoms with Crippen LogP contribution in [0.5, 0.6) is 11.5 Å². The fraction of sp³-hybridized carbons (Fsp3) is 0.333. The molecule has 0 atom stereocenters. The summed E-state index contributed by atoms with van der Waals surface area (Å²) in [6, 6.07) is 2.67. The Bertz CT molecular complexity index is 435. The highest BCUT2D eigenvalue weighted by Gasteiger charge is 2.16. The molecule has 0 aromatic heterocycles. The molecule has 0 bridgehead atoms. The summed E-state index contributed by atoms with van der Waals surface area (Å²) in [6.45, 7) is 3.08. The van der Waals surface area contributed by atoms with Crippen molar-refractivity contribution in [3.63, 3.8) is 0 Å². The van der Waals surface area contributed by atoms with Gasteiger partial charge in [-0.15, -0.1) is 0 Å². The maximum Gasteiger partial charge on any atom is 0.166 e. The highest BCUT2D eigenvalue weighted by molar-refractivity contribution is 6.03. The number of carbonyl (C=O) groups is 2. The van der Waals surface area contributed by atoms with Crippen LogP contribution in [-0.4, -0.2) is 23.8 Å². The summed E-state index contributed by atoms with van der Waals surface area (Å²) in [4.78, 5) is 22.8. The largest absolute Gasteiger partial charge is 0.507 e. The van der Waals surface area contributed by atoms with E-state index in [1.807, 2.05) is 0 Å². The SMILES string of the molecule is CCC(=O)c1cc(C(C)=O)c(OC)cc1O. The van der Waals surface area contributed by atoms with E-state index in [1.54, 1.807) is 6.92 Å². The lowest BCUT2D eigenvalue weighted by Gasteiger charge is -2.09. The number of phenolic OH excluding ortho intramolecular Hbond substituents is 1. The van der Waals surface area contributed by atoms with E-state index < -0.39 is 0 Å². The Morgan fingerprint density at radius 1 is 1.31 bits per heavy atom. The molecule has 0 fully saturated rings. The van der Waals surface area contributed by atoms with Gasteiger partial charge in [-0.05, 0) is 13.0 Å². The minimum atomic E-state index is -0.206. The number of Topliss-reactive ketones (excluding diaryl/α,β-unsaturated/α-hetero) is 2. The molecule has 1 aromatic rings. The Morgan fingerprint density at radius 3 is 2.38 bits per heavy atom. The smallest absolute Gasteiger partial charge is 0.166 e. The van der Waals surface area contributed by atoms with Crippen LogP contribution < -0.4 is 4.74 Å². The molecule has 0 spiro atoms. The van der Waals surface area contributed by atoms with Gasteiger partial charge in [0.25, 0.3) is 0 Å². The van der Waals surface area contributed by atoms with E-state index >= 15 is 0 Å². The number of phenols is 1. The molecule has 4 nitrogen and oxygen atoms in total. The molecule has 1 aromatic carbocycles. The number of rotatable bonds is 4. The summed E-state index contributed by atoms with van der Waals surface area (Å²) >= 11 is 0. The average Bonchev–Trinajstić information content (AvgIpc) is 2.27. The van der Waals surface area contributed by atoms with Crippen LogP contribution in [0.4, 0.5) is 0 Å². The fourth-order valence-corrected chi connectivity index (χ4v) is 1.43. The lowest BCUT2D eigenvalue weighted by molar-refractivity contribution is 0.0985. The standard InChI is InChI=1S/C12H14O4/c1-4-10(14)9-5-8(7(2)13)12(16-3)6-11(9)15/h5-6,15H,4H2,1-3H3. The summed E-state index contributed by atoms with van der Waals surface area (Å²) < 4.78 is 4.96. The molecule has 16 heavy (non-hydrogen) atoms. The fourth-order valence-electron chi connectivity index (χ4n) is 1.43. The van der Waals surface area contributed by atoms with Crippen molar-refractivity contribution in [3.8, 4) is 11.5 Å². The quantitative estimate of drug-likeness (QED) is 0.793. The number of hydrogen-bond donors (Lipinski definition) is 1. The van der Waals surface area contributed by atoms with Gasteiger partial charge >= 0.3 is 0 Å². The van der Waals surface area contributed by atoms with Gasteiger partial charge in [-0.2, -0.15) is 0 Å². The molecule has 1 N–H and O–H groups in total. The van der Waals surface area contributed by atoms with E-state index in [4.69, 9.17) is 4.74 Å². The summed E-state index contributed by atoms with van der Waals surface area (Å²) in [5, 5.41) is 9.62. The zero-order chi connectivity index (χ0) is 12.3. The van der Waals surface area contributed by atoms with Crippen LogP contribution in [0.1, 0.15) is 41.0 Å². The van der Waals surface area contributed by atoms with E-state index in [0.29, 0.717) is 5.56 Å². The van der Waals surface area contributed by atoms with Crippen LogP contribution in [0.15, 0.2) is 12.1 Å². The Balaban J connectivity index is 3.38. The Hall–Kier alpha value is -1.84. The number of carbonyl (C=O) groups excluding carboxylic acids is 2. The topological polar surface area (TPSA) is 63.6 Å². The van der Waals surface area contributed by atoms with Crippen molar-refractivity contribution in [3.05, 3.63) is 23.3 Å². The first kappa shape index (κ1) is 12.2. The minimum Gasteiger partial charge on any atom is -0.507 e. The molecule has 0 heterocycles. The van der Waals surface area contributed by atoms with Crippen molar-refractivity contribution >= 4 is 11.6 Å². The van der Waals surface area contributed by atoms with Crippen LogP contribution in [0.2, 0.25) is 0 Å². The molecule has 86 valence electrons. The van der Waals surface area contributed by atoms with Crippen molar-refractivity contribution in [1.29, 1.82) is 0 Å². The number of methoxy groups -OCH3 is 1. The summed E-state index contributed by atoms with van der Waals surface area (Å²) in [5.74, 6) is -0.295. The van der Waals surface area contributed by atoms with Crippen molar-refractivity contribution in [2.75, 3.05) is 7.11 Å². The second-order valence-electron chi connectivity index (χ2n) is 3.40. The molecule has 0 aliphatic heterocycles. The molecule has 0 aliphatic rings. The second-order valence-corrected chi connectivity index (χ2v) is 3.40. The predicted octanol–water partition coefficient (Wildman–Crippen LogP) is 2.20. The highest BCUT2D eigenvalue weighted by atomic mass is 16.5. The van der Waals surface area contributed by atoms with Gasteiger partial charge in [0.2, 0.25) is 0 Å². The lowest BCUT2D eigenvalue weighted by atomic mass is 10.0. The molecule has 1 rings (SSSR count). The minimum absolute atomic E-state index is 0.159. The first-order valence-electron chi connectivity index (χ1n) is 4.96. The van der Waals surface area contributed by atoms with Gasteiger partial charge in [0.15, 0.2) is 11.6 Å². The van der Waals surface area contributed by atoms with Crippen molar-refractivity contribution in [1.82, 2.24) is 0 Å². The third kappa shape index (κ3) is 2.21. The van der Waals surface area contributed by atoms with Gasteiger partial charge in [0.1, 0.15) is 11.5 Å². The molecule has 0 saturated heterocycles. The zero-order valence-electron chi connectivity index (χ0n) is 9.53. The maximum absolute atomic E-state index is 11.5. The van der Waals surface area contributed by atoms with Crippen LogP contribution in [0, 0.1) is 0 Å². The van der Waals surface area contributed by atoms with Crippen LogP contribution >= 0.6 is 0 Å². The molecule has 0 unspecified atom stereocenters. The third-order valence-corrected chi connectivity index (χ3v) is 2.32. The number of aromatic hydroxyl groups is 1. The molecular formula is C12H14O4. The monoisotopic (exact) mass is 222 g/mol. The number of hydrogen-bond acceptors (Lipinski definition) is 4. The Morgan fingerprint density at radius 2 is 1.94 bits per heavy atom. The third-order valence-electron chi connectivity index (χ3n) is 2.32. The summed E-state index contributed by atoms with van der Waals surface area (Å²) in [5.41, 5.74) is 0.464. The maximum atomic E-state index is 11.5. The van der Waals surface area contributed by atoms with Crippen LogP contribution in [-0.2, 0) is 0 Å². The number of ether oxygens (including phenoxy) is 1. The Kier molecular flexibility index (Phi) is 3.66.